The molecule has 0 radical (unpaired) electrons. The van der Waals surface area contributed by atoms with E-state index in [2.05, 4.69) is 38.1 Å². The van der Waals surface area contributed by atoms with Gasteiger partial charge >= 0.3 is 0 Å². The van der Waals surface area contributed by atoms with E-state index in [1.807, 2.05) is 0 Å². The molecule has 0 fully saturated rings. The smallest absolute Gasteiger partial charge is 0.160 e. The van der Waals surface area contributed by atoms with Crippen LogP contribution in [-0.4, -0.2) is 4.21 Å². The molecule has 3 rings (SSSR count). The van der Waals surface area contributed by atoms with E-state index in [-0.39, 0.29) is 0 Å². The number of rotatable bonds is 0. The van der Waals surface area contributed by atoms with Crippen LogP contribution >= 0.6 is 0 Å². The average molecular weight is 246 g/mol. The van der Waals surface area contributed by atoms with E-state index in [1.165, 1.54) is 27.5 Å². The minimum atomic E-state index is -1.15. The molecule has 1 atom stereocenters. The molecule has 0 spiro atoms. The highest BCUT2D eigenvalue weighted by Crippen LogP contribution is 2.27. The van der Waals surface area contributed by atoms with Gasteiger partial charge in [-0.05, 0) is 59.0 Å². The largest absolute Gasteiger partial charge is 0.285 e. The van der Waals surface area contributed by atoms with Gasteiger partial charge in [-0.15, -0.1) is 0 Å². The molecule has 0 bridgehead atoms. The monoisotopic (exact) mass is 246 g/mol. The van der Waals surface area contributed by atoms with E-state index < -0.39 is 11.1 Å². The second-order valence-electron chi connectivity index (χ2n) is 4.61. The summed E-state index contributed by atoms with van der Waals surface area (Å²) in [5.74, 6) is 0.512. The minimum Gasteiger partial charge on any atom is -0.285 e. The Hall–Kier alpha value is -1.19. The van der Waals surface area contributed by atoms with Gasteiger partial charge in [0.15, 0.2) is 11.1 Å². The molecule has 17 heavy (non-hydrogen) atoms. The Bertz CT molecular complexity index is 632. The third-order valence-electron chi connectivity index (χ3n) is 3.39. The van der Waals surface area contributed by atoms with E-state index in [0.717, 1.165) is 5.56 Å². The fraction of sp³-hybridized carbons (Fsp3) is 0.286. The summed E-state index contributed by atoms with van der Waals surface area (Å²) >= 11 is -1.15. The Labute approximate surface area is 103 Å². The quantitative estimate of drug-likeness (QED) is 0.713. The molecule has 88 valence electrons. The normalized spacial score (nSPS) is 19.3. The minimum absolute atomic E-state index is 0.463. The number of fused-ring (bicyclic) bond motifs is 2. The lowest BCUT2D eigenvalue weighted by Crippen LogP contribution is -2.10. The van der Waals surface area contributed by atoms with Gasteiger partial charge in [-0.25, -0.2) is 4.21 Å². The lowest BCUT2D eigenvalue weighted by molar-refractivity contribution is 0.328. The Morgan fingerprint density at radius 3 is 2.24 bits per heavy atom. The summed E-state index contributed by atoms with van der Waals surface area (Å²) in [6, 6.07) is 8.71. The topological polar surface area (TPSA) is 26.3 Å². The van der Waals surface area contributed by atoms with Gasteiger partial charge in [0.1, 0.15) is 0 Å². The van der Waals surface area contributed by atoms with Gasteiger partial charge in [0.2, 0.25) is 0 Å². The lowest BCUT2D eigenvalue weighted by atomic mass is 9.98. The second kappa shape index (κ2) is 3.93. The fourth-order valence-corrected chi connectivity index (χ4v) is 3.10. The summed E-state index contributed by atoms with van der Waals surface area (Å²) in [5.41, 5.74) is 4.93. The molecular weight excluding hydrogens is 232 g/mol. The molecule has 0 N–H and O–H groups in total. The van der Waals surface area contributed by atoms with Crippen molar-refractivity contribution in [2.75, 3.05) is 0 Å². The van der Waals surface area contributed by atoms with Crippen molar-refractivity contribution >= 4 is 21.9 Å². The van der Waals surface area contributed by atoms with E-state index in [9.17, 15) is 4.21 Å². The molecule has 2 aromatic rings. The van der Waals surface area contributed by atoms with Crippen molar-refractivity contribution in [3.8, 4) is 0 Å². The predicted octanol–water partition coefficient (Wildman–Crippen LogP) is 3.15. The molecular formula is C14H14O2S. The number of aryl methyl sites for hydroxylation is 2. The number of hydrogen-bond acceptors (Lipinski definition) is 2. The highest BCUT2D eigenvalue weighted by molar-refractivity contribution is 7.79. The maximum atomic E-state index is 11.4. The zero-order valence-electron chi connectivity index (χ0n) is 9.95. The fourth-order valence-electron chi connectivity index (χ4n) is 2.24. The van der Waals surface area contributed by atoms with Crippen molar-refractivity contribution in [3.63, 3.8) is 0 Å². The van der Waals surface area contributed by atoms with E-state index in [4.69, 9.17) is 4.18 Å². The Morgan fingerprint density at radius 1 is 1.00 bits per heavy atom. The maximum Gasteiger partial charge on any atom is 0.160 e. The first kappa shape index (κ1) is 10.9. The van der Waals surface area contributed by atoms with Gasteiger partial charge in [0.25, 0.3) is 0 Å². The molecule has 0 amide bonds. The van der Waals surface area contributed by atoms with Crippen LogP contribution in [0.1, 0.15) is 22.3 Å². The van der Waals surface area contributed by atoms with Crippen molar-refractivity contribution in [3.05, 3.63) is 46.5 Å². The van der Waals surface area contributed by atoms with Crippen LogP contribution in [0.15, 0.2) is 24.3 Å². The van der Waals surface area contributed by atoms with Gasteiger partial charge in [-0.1, -0.05) is 12.1 Å². The van der Waals surface area contributed by atoms with E-state index >= 15 is 0 Å². The van der Waals surface area contributed by atoms with Crippen molar-refractivity contribution < 1.29 is 8.39 Å². The Morgan fingerprint density at radius 2 is 1.59 bits per heavy atom. The van der Waals surface area contributed by atoms with Crippen LogP contribution < -0.4 is 0 Å². The van der Waals surface area contributed by atoms with Crippen molar-refractivity contribution in [2.24, 2.45) is 0 Å². The molecule has 1 unspecified atom stereocenters. The zero-order chi connectivity index (χ0) is 12.0. The molecule has 2 aromatic carbocycles. The third-order valence-corrected chi connectivity index (χ3v) is 4.32. The molecule has 1 aliphatic heterocycles. The van der Waals surface area contributed by atoms with Crippen LogP contribution in [0, 0.1) is 13.8 Å². The summed E-state index contributed by atoms with van der Waals surface area (Å²) in [4.78, 5) is 0. The summed E-state index contributed by atoms with van der Waals surface area (Å²) in [6.45, 7) is 4.71. The van der Waals surface area contributed by atoms with Gasteiger partial charge in [-0.2, -0.15) is 0 Å². The molecule has 2 nitrogen and oxygen atoms in total. The molecule has 0 saturated carbocycles. The molecule has 0 saturated heterocycles. The molecule has 1 aliphatic rings. The third kappa shape index (κ3) is 1.90. The Kier molecular flexibility index (Phi) is 2.53. The number of benzene rings is 2. The van der Waals surface area contributed by atoms with Crippen LogP contribution in [0.4, 0.5) is 0 Å². The van der Waals surface area contributed by atoms with E-state index in [0.29, 0.717) is 12.4 Å². The first-order valence-corrected chi connectivity index (χ1v) is 6.92. The summed E-state index contributed by atoms with van der Waals surface area (Å²) in [7, 11) is 0. The summed E-state index contributed by atoms with van der Waals surface area (Å²) in [6.07, 6.45) is 0. The van der Waals surface area contributed by atoms with Crippen LogP contribution in [-0.2, 0) is 27.6 Å². The average Bonchev–Trinajstić information content (AvgIpc) is 2.28. The molecule has 1 heterocycles. The van der Waals surface area contributed by atoms with Crippen LogP contribution in [0.5, 0.6) is 0 Å². The molecule has 0 aliphatic carbocycles. The maximum absolute atomic E-state index is 11.4. The van der Waals surface area contributed by atoms with Gasteiger partial charge in [-0.3, -0.25) is 4.18 Å². The Balaban J connectivity index is 2.25. The summed E-state index contributed by atoms with van der Waals surface area (Å²) < 4.78 is 16.6. The van der Waals surface area contributed by atoms with Crippen LogP contribution in [0.25, 0.3) is 10.8 Å². The van der Waals surface area contributed by atoms with E-state index in [1.54, 1.807) is 0 Å². The van der Waals surface area contributed by atoms with Crippen LogP contribution in [0.2, 0.25) is 0 Å². The first-order valence-electron chi connectivity index (χ1n) is 5.68. The van der Waals surface area contributed by atoms with Crippen molar-refractivity contribution in [1.82, 2.24) is 0 Å². The zero-order valence-corrected chi connectivity index (χ0v) is 10.8. The molecule has 3 heteroatoms. The van der Waals surface area contributed by atoms with Gasteiger partial charge in [0.05, 0.1) is 12.4 Å². The van der Waals surface area contributed by atoms with Gasteiger partial charge in [0, 0.05) is 0 Å². The first-order chi connectivity index (χ1) is 8.13. The highest BCUT2D eigenvalue weighted by Gasteiger charge is 2.16. The van der Waals surface area contributed by atoms with Crippen molar-refractivity contribution in [2.45, 2.75) is 26.2 Å². The lowest BCUT2D eigenvalue weighted by Gasteiger charge is -2.17. The SMILES string of the molecule is Cc1cc2cc3c(cc2cc1C)CS(=O)OC3. The number of hydrogen-bond donors (Lipinski definition) is 0. The highest BCUT2D eigenvalue weighted by atomic mass is 32.2. The van der Waals surface area contributed by atoms with Crippen LogP contribution in [0.3, 0.4) is 0 Å². The summed E-state index contributed by atoms with van der Waals surface area (Å²) in [5, 5.41) is 2.47. The molecule has 0 aromatic heterocycles. The standard InChI is InChI=1S/C14H14O2S/c1-9-3-11-5-13-7-16-17(15)8-14(13)6-12(11)4-10(9)2/h3-6H,7-8H2,1-2H3. The van der Waals surface area contributed by atoms with Gasteiger partial charge < -0.3 is 0 Å². The van der Waals surface area contributed by atoms with Crippen molar-refractivity contribution in [1.29, 1.82) is 0 Å². The second-order valence-corrected chi connectivity index (χ2v) is 5.75. The predicted molar refractivity (Wildman–Crippen MR) is 70.1 cm³/mol.